The number of hydrogen-bond donors (Lipinski definition) is 0. The van der Waals surface area contributed by atoms with E-state index in [1.807, 2.05) is 0 Å². The summed E-state index contributed by atoms with van der Waals surface area (Å²) < 4.78 is 0. The van der Waals surface area contributed by atoms with Gasteiger partial charge in [0.15, 0.2) is 0 Å². The highest BCUT2D eigenvalue weighted by molar-refractivity contribution is 6.48. The molecule has 4 rings (SSSR count). The van der Waals surface area contributed by atoms with Gasteiger partial charge in [-0.15, -0.1) is 0 Å². The lowest BCUT2D eigenvalue weighted by molar-refractivity contribution is 0.236. The van der Waals surface area contributed by atoms with Crippen molar-refractivity contribution < 1.29 is 0 Å². The van der Waals surface area contributed by atoms with Crippen LogP contribution in [0.25, 0.3) is 0 Å². The molecule has 62 valence electrons. The highest BCUT2D eigenvalue weighted by Gasteiger charge is 2.59. The molecule has 4 aliphatic rings. The van der Waals surface area contributed by atoms with Crippen molar-refractivity contribution in [3.8, 4) is 0 Å². The average molecular weight is 158 g/mol. The molecule has 0 saturated carbocycles. The van der Waals surface area contributed by atoms with E-state index in [-0.39, 0.29) is 0 Å². The topological polar surface area (TPSA) is 0 Å². The SMILES string of the molecule is B1C2CCC1C1C3BC(CC3)C21. The lowest BCUT2D eigenvalue weighted by Crippen LogP contribution is -2.20. The summed E-state index contributed by atoms with van der Waals surface area (Å²) in [6.45, 7) is 0. The Labute approximate surface area is 76.0 Å². The van der Waals surface area contributed by atoms with Crippen LogP contribution in [0.4, 0.5) is 0 Å². The second-order valence-electron chi connectivity index (χ2n) is 5.82. The molecular weight excluding hydrogens is 142 g/mol. The largest absolute Gasteiger partial charge is 0.128 e. The number of hydrogen-bond acceptors (Lipinski definition) is 0. The Morgan fingerprint density at radius 3 is 1.25 bits per heavy atom. The van der Waals surface area contributed by atoms with Crippen LogP contribution in [0.2, 0.25) is 23.3 Å². The van der Waals surface area contributed by atoms with Crippen molar-refractivity contribution >= 4 is 14.6 Å². The Kier molecular flexibility index (Phi) is 1.07. The van der Waals surface area contributed by atoms with E-state index in [1.54, 1.807) is 40.2 Å². The number of fused-ring (bicyclic) bond motifs is 9. The zero-order valence-electron chi connectivity index (χ0n) is 7.71. The molecule has 0 aromatic carbocycles. The van der Waals surface area contributed by atoms with Crippen molar-refractivity contribution in [2.24, 2.45) is 11.8 Å². The monoisotopic (exact) mass is 158 g/mol. The first-order valence-electron chi connectivity index (χ1n) is 5.93. The van der Waals surface area contributed by atoms with E-state index in [2.05, 4.69) is 0 Å². The molecule has 4 saturated heterocycles. The van der Waals surface area contributed by atoms with Crippen molar-refractivity contribution in [3.05, 3.63) is 0 Å². The third kappa shape index (κ3) is 0.581. The molecule has 4 fully saturated rings. The molecule has 0 N–H and O–H groups in total. The molecule has 2 heteroatoms. The summed E-state index contributed by atoms with van der Waals surface area (Å²) in [5, 5.41) is 0. The van der Waals surface area contributed by atoms with E-state index in [1.165, 1.54) is 35.1 Å². The average Bonchev–Trinajstić information content (AvgIpc) is 2.83. The Hall–Kier alpha value is 0.130. The molecule has 4 bridgehead atoms. The van der Waals surface area contributed by atoms with Gasteiger partial charge < -0.3 is 0 Å². The molecule has 0 spiro atoms. The minimum atomic E-state index is 1.20. The maximum absolute atomic E-state index is 1.64. The normalized spacial score (nSPS) is 64.7. The molecule has 12 heavy (non-hydrogen) atoms. The van der Waals surface area contributed by atoms with Crippen LogP contribution in [-0.4, -0.2) is 14.6 Å². The smallest absolute Gasteiger partial charge is 0.0628 e. The molecule has 0 nitrogen and oxygen atoms in total. The fraction of sp³-hybridized carbons (Fsp3) is 1.00. The first kappa shape index (κ1) is 6.56. The van der Waals surface area contributed by atoms with Crippen molar-refractivity contribution in [3.63, 3.8) is 0 Å². The van der Waals surface area contributed by atoms with Crippen LogP contribution in [0.5, 0.6) is 0 Å². The summed E-state index contributed by atoms with van der Waals surface area (Å²) in [5.41, 5.74) is 0. The van der Waals surface area contributed by atoms with E-state index >= 15 is 0 Å². The molecule has 4 aliphatic heterocycles. The van der Waals surface area contributed by atoms with Gasteiger partial charge in [-0.1, -0.05) is 49.0 Å². The van der Waals surface area contributed by atoms with Gasteiger partial charge >= 0.3 is 0 Å². The van der Waals surface area contributed by atoms with E-state index in [0.717, 1.165) is 0 Å². The van der Waals surface area contributed by atoms with Crippen molar-refractivity contribution in [2.75, 3.05) is 0 Å². The van der Waals surface area contributed by atoms with Crippen LogP contribution in [-0.2, 0) is 0 Å². The second-order valence-corrected chi connectivity index (χ2v) is 5.82. The molecule has 0 amide bonds. The highest BCUT2D eigenvalue weighted by atomic mass is 14.5. The predicted molar refractivity (Wildman–Crippen MR) is 54.7 cm³/mol. The Bertz CT molecular complexity index is 184. The van der Waals surface area contributed by atoms with Gasteiger partial charge in [0, 0.05) is 0 Å². The molecule has 0 aromatic heterocycles. The van der Waals surface area contributed by atoms with Gasteiger partial charge in [0.05, 0.1) is 0 Å². The van der Waals surface area contributed by atoms with Crippen LogP contribution in [0, 0.1) is 11.8 Å². The first-order valence-corrected chi connectivity index (χ1v) is 5.93. The molecule has 0 aromatic rings. The van der Waals surface area contributed by atoms with Crippen LogP contribution >= 0.6 is 0 Å². The van der Waals surface area contributed by atoms with Gasteiger partial charge in [0.2, 0.25) is 0 Å². The fourth-order valence-electron chi connectivity index (χ4n) is 5.53. The third-order valence-electron chi connectivity index (χ3n) is 5.65. The maximum Gasteiger partial charge on any atom is 0.128 e. The summed E-state index contributed by atoms with van der Waals surface area (Å²) in [6.07, 6.45) is 6.42. The van der Waals surface area contributed by atoms with Gasteiger partial charge in [-0.3, -0.25) is 0 Å². The van der Waals surface area contributed by atoms with E-state index in [4.69, 9.17) is 0 Å². The van der Waals surface area contributed by atoms with E-state index < -0.39 is 0 Å². The van der Waals surface area contributed by atoms with Gasteiger partial charge in [-0.05, 0) is 11.8 Å². The van der Waals surface area contributed by atoms with E-state index in [0.29, 0.717) is 0 Å². The molecule has 4 heterocycles. The molecular formula is C10H16B2. The summed E-state index contributed by atoms with van der Waals surface area (Å²) in [5.74, 6) is 7.29. The maximum atomic E-state index is 1.64. The lowest BCUT2D eigenvalue weighted by atomic mass is 9.55. The standard InChI is InChI=1S/C10H16B2/c1-2-6-10-8-4-3-7(12-8)9(10)5(1)11-6/h5-12H,1-4H2. The van der Waals surface area contributed by atoms with Gasteiger partial charge in [-0.25, -0.2) is 0 Å². The van der Waals surface area contributed by atoms with Crippen molar-refractivity contribution in [1.29, 1.82) is 0 Å². The predicted octanol–water partition coefficient (Wildman–Crippen LogP) is 1.86. The lowest BCUT2D eigenvalue weighted by Gasteiger charge is -2.36. The number of rotatable bonds is 0. The highest BCUT2D eigenvalue weighted by Crippen LogP contribution is 2.70. The van der Waals surface area contributed by atoms with Crippen LogP contribution in [0.1, 0.15) is 25.7 Å². The zero-order valence-corrected chi connectivity index (χ0v) is 7.71. The zero-order chi connectivity index (χ0) is 7.71. The molecule has 0 aliphatic carbocycles. The minimum Gasteiger partial charge on any atom is -0.0628 e. The van der Waals surface area contributed by atoms with Gasteiger partial charge in [-0.2, -0.15) is 0 Å². The quantitative estimate of drug-likeness (QED) is 0.472. The van der Waals surface area contributed by atoms with Gasteiger partial charge in [0.1, 0.15) is 14.6 Å². The minimum absolute atomic E-state index is 1.20. The first-order chi connectivity index (χ1) is 5.93. The van der Waals surface area contributed by atoms with Crippen molar-refractivity contribution in [1.82, 2.24) is 0 Å². The Morgan fingerprint density at radius 1 is 0.583 bits per heavy atom. The van der Waals surface area contributed by atoms with E-state index in [9.17, 15) is 0 Å². The van der Waals surface area contributed by atoms with Crippen LogP contribution in [0.15, 0.2) is 0 Å². The summed E-state index contributed by atoms with van der Waals surface area (Å²) in [7, 11) is 3.28. The van der Waals surface area contributed by atoms with Crippen LogP contribution in [0.3, 0.4) is 0 Å². The Morgan fingerprint density at radius 2 is 0.917 bits per heavy atom. The molecule has 0 radical (unpaired) electrons. The summed E-state index contributed by atoms with van der Waals surface area (Å²) in [4.78, 5) is 0. The molecule has 4 atom stereocenters. The summed E-state index contributed by atoms with van der Waals surface area (Å²) >= 11 is 0. The van der Waals surface area contributed by atoms with Crippen molar-refractivity contribution in [2.45, 2.75) is 49.0 Å². The third-order valence-corrected chi connectivity index (χ3v) is 5.65. The summed E-state index contributed by atoms with van der Waals surface area (Å²) in [6, 6.07) is 0. The second kappa shape index (κ2) is 1.96. The Balaban J connectivity index is 1.77. The van der Waals surface area contributed by atoms with Crippen LogP contribution < -0.4 is 0 Å². The fourth-order valence-corrected chi connectivity index (χ4v) is 5.53. The molecule has 4 unspecified atom stereocenters. The van der Waals surface area contributed by atoms with Gasteiger partial charge in [0.25, 0.3) is 0 Å².